The second kappa shape index (κ2) is 4.81. The molecule has 2 heterocycles. The van der Waals surface area contributed by atoms with Crippen LogP contribution in [0.4, 0.5) is 8.78 Å². The lowest BCUT2D eigenvalue weighted by Gasteiger charge is -2.23. The molecule has 2 rings (SSSR count). The van der Waals surface area contributed by atoms with Crippen LogP contribution in [0.1, 0.15) is 32.6 Å². The summed E-state index contributed by atoms with van der Waals surface area (Å²) in [4.78, 5) is 13.2. The maximum absolute atomic E-state index is 13.3. The lowest BCUT2D eigenvalue weighted by Crippen LogP contribution is -2.47. The fraction of sp³-hybridized carbons (Fsp3) is 0.833. The van der Waals surface area contributed by atoms with Crippen LogP contribution in [-0.4, -0.2) is 41.4 Å². The summed E-state index contributed by atoms with van der Waals surface area (Å²) in [7, 11) is 0. The number of nitrogens with one attached hydrogen (secondary N) is 1. The van der Waals surface area contributed by atoms with Crippen molar-refractivity contribution in [3.05, 3.63) is 0 Å². The summed E-state index contributed by atoms with van der Waals surface area (Å²) in [6, 6.07) is 0.683. The second-order valence-electron chi connectivity index (χ2n) is 5.07. The molecular formula is C12H17F2N3O. The van der Waals surface area contributed by atoms with Gasteiger partial charge in [-0.3, -0.25) is 4.79 Å². The normalized spacial score (nSPS) is 34.6. The molecular weight excluding hydrogens is 240 g/mol. The first-order valence-corrected chi connectivity index (χ1v) is 6.31. The van der Waals surface area contributed by atoms with E-state index in [2.05, 4.69) is 5.32 Å². The number of nitrogens with zero attached hydrogens (tertiary/aromatic N) is 2. The van der Waals surface area contributed by atoms with Gasteiger partial charge in [0.25, 0.3) is 5.92 Å². The summed E-state index contributed by atoms with van der Waals surface area (Å²) >= 11 is 0. The predicted molar refractivity (Wildman–Crippen MR) is 60.9 cm³/mol. The van der Waals surface area contributed by atoms with Crippen LogP contribution in [0.3, 0.4) is 0 Å². The summed E-state index contributed by atoms with van der Waals surface area (Å²) in [6.07, 6.45) is 1.92. The number of alkyl halides is 2. The van der Waals surface area contributed by atoms with E-state index in [1.807, 2.05) is 6.92 Å². The molecule has 6 heteroatoms. The highest BCUT2D eigenvalue weighted by Gasteiger charge is 2.48. The molecule has 100 valence electrons. The molecule has 2 saturated heterocycles. The van der Waals surface area contributed by atoms with Crippen molar-refractivity contribution in [3.63, 3.8) is 0 Å². The van der Waals surface area contributed by atoms with Gasteiger partial charge in [-0.1, -0.05) is 6.92 Å². The third-order valence-corrected chi connectivity index (χ3v) is 3.73. The highest BCUT2D eigenvalue weighted by molar-refractivity contribution is 5.83. The van der Waals surface area contributed by atoms with E-state index in [9.17, 15) is 13.6 Å². The van der Waals surface area contributed by atoms with Gasteiger partial charge >= 0.3 is 0 Å². The number of nitriles is 1. The Morgan fingerprint density at radius 2 is 2.28 bits per heavy atom. The Labute approximate surface area is 105 Å². The minimum absolute atomic E-state index is 0.280. The average molecular weight is 257 g/mol. The number of hydrogen-bond donors (Lipinski definition) is 1. The molecule has 0 unspecified atom stereocenters. The minimum atomic E-state index is -2.93. The van der Waals surface area contributed by atoms with Gasteiger partial charge in [0.1, 0.15) is 6.04 Å². The summed E-state index contributed by atoms with van der Waals surface area (Å²) in [5.74, 6) is -3.28. The van der Waals surface area contributed by atoms with E-state index in [-0.39, 0.29) is 11.9 Å². The molecule has 0 aromatic heterocycles. The predicted octanol–water partition coefficient (Wildman–Crippen LogP) is 1.28. The van der Waals surface area contributed by atoms with Crippen molar-refractivity contribution >= 4 is 5.91 Å². The van der Waals surface area contributed by atoms with Crippen molar-refractivity contribution < 1.29 is 13.6 Å². The van der Waals surface area contributed by atoms with Crippen LogP contribution in [0.15, 0.2) is 0 Å². The highest BCUT2D eigenvalue weighted by Crippen LogP contribution is 2.33. The van der Waals surface area contributed by atoms with Crippen molar-refractivity contribution in [2.75, 3.05) is 6.54 Å². The average Bonchev–Trinajstić information content (AvgIpc) is 2.91. The Morgan fingerprint density at radius 3 is 2.83 bits per heavy atom. The molecule has 2 aliphatic rings. The van der Waals surface area contributed by atoms with E-state index in [4.69, 9.17) is 5.26 Å². The first-order chi connectivity index (χ1) is 8.46. The van der Waals surface area contributed by atoms with E-state index in [0.717, 1.165) is 17.7 Å². The number of amides is 1. The molecule has 2 aliphatic heterocycles. The summed E-state index contributed by atoms with van der Waals surface area (Å²) in [5.41, 5.74) is 0. The standard InChI is InChI=1S/C12H17F2N3O/c1-2-8-3-4-10(16-8)11(18)17-7-12(13,14)5-9(17)6-15/h8-10,16H,2-5,7H2,1H3/t8-,9-,10+/m0/s1. The number of likely N-dealkylation sites (tertiary alicyclic amines) is 1. The molecule has 0 radical (unpaired) electrons. The Morgan fingerprint density at radius 1 is 1.56 bits per heavy atom. The molecule has 0 bridgehead atoms. The second-order valence-corrected chi connectivity index (χ2v) is 5.07. The van der Waals surface area contributed by atoms with Gasteiger partial charge in [-0.05, 0) is 19.3 Å². The van der Waals surface area contributed by atoms with Crippen LogP contribution in [0.2, 0.25) is 0 Å². The first-order valence-electron chi connectivity index (χ1n) is 6.31. The van der Waals surface area contributed by atoms with Crippen molar-refractivity contribution in [3.8, 4) is 6.07 Å². The molecule has 0 aromatic carbocycles. The monoisotopic (exact) mass is 257 g/mol. The van der Waals surface area contributed by atoms with E-state index < -0.39 is 31.0 Å². The molecule has 18 heavy (non-hydrogen) atoms. The van der Waals surface area contributed by atoms with Crippen LogP contribution in [0.5, 0.6) is 0 Å². The van der Waals surface area contributed by atoms with Crippen LogP contribution >= 0.6 is 0 Å². The van der Waals surface area contributed by atoms with Crippen LogP contribution in [-0.2, 0) is 4.79 Å². The molecule has 3 atom stereocenters. The third kappa shape index (κ3) is 2.46. The van der Waals surface area contributed by atoms with Crippen molar-refractivity contribution in [1.82, 2.24) is 10.2 Å². The Hall–Kier alpha value is -1.22. The van der Waals surface area contributed by atoms with Gasteiger partial charge in [0.15, 0.2) is 0 Å². The molecule has 0 saturated carbocycles. The summed E-state index contributed by atoms with van der Waals surface area (Å²) in [5, 5.41) is 12.0. The highest BCUT2D eigenvalue weighted by atomic mass is 19.3. The zero-order valence-electron chi connectivity index (χ0n) is 10.3. The minimum Gasteiger partial charge on any atom is -0.319 e. The number of carbonyl (C=O) groups is 1. The van der Waals surface area contributed by atoms with E-state index in [1.54, 1.807) is 6.07 Å². The number of halogens is 2. The zero-order valence-corrected chi connectivity index (χ0v) is 10.3. The summed E-state index contributed by atoms with van der Waals surface area (Å²) < 4.78 is 26.5. The maximum Gasteiger partial charge on any atom is 0.268 e. The topological polar surface area (TPSA) is 56.1 Å². The van der Waals surface area contributed by atoms with E-state index >= 15 is 0 Å². The lowest BCUT2D eigenvalue weighted by molar-refractivity contribution is -0.134. The smallest absolute Gasteiger partial charge is 0.268 e. The maximum atomic E-state index is 13.3. The van der Waals surface area contributed by atoms with Gasteiger partial charge in [0, 0.05) is 12.5 Å². The van der Waals surface area contributed by atoms with Gasteiger partial charge in [0.2, 0.25) is 5.91 Å². The Bertz CT molecular complexity index is 380. The summed E-state index contributed by atoms with van der Waals surface area (Å²) in [6.45, 7) is 1.39. The van der Waals surface area contributed by atoms with Crippen molar-refractivity contribution in [2.24, 2.45) is 0 Å². The van der Waals surface area contributed by atoms with Gasteiger partial charge in [-0.25, -0.2) is 8.78 Å². The van der Waals surface area contributed by atoms with Gasteiger partial charge in [-0.2, -0.15) is 5.26 Å². The van der Waals surface area contributed by atoms with Crippen molar-refractivity contribution in [2.45, 2.75) is 56.7 Å². The van der Waals surface area contributed by atoms with Gasteiger partial charge < -0.3 is 10.2 Å². The largest absolute Gasteiger partial charge is 0.319 e. The molecule has 0 aliphatic carbocycles. The fourth-order valence-corrected chi connectivity index (χ4v) is 2.70. The fourth-order valence-electron chi connectivity index (χ4n) is 2.70. The van der Waals surface area contributed by atoms with E-state index in [0.29, 0.717) is 6.42 Å². The zero-order chi connectivity index (χ0) is 13.3. The lowest BCUT2D eigenvalue weighted by atomic mass is 10.1. The molecule has 0 spiro atoms. The number of rotatable bonds is 2. The first kappa shape index (κ1) is 13.2. The quantitative estimate of drug-likeness (QED) is 0.810. The van der Waals surface area contributed by atoms with Crippen LogP contribution < -0.4 is 5.32 Å². The van der Waals surface area contributed by atoms with Crippen LogP contribution in [0, 0.1) is 11.3 Å². The SMILES string of the molecule is CC[C@H]1CC[C@H](C(=O)N2CC(F)(F)C[C@H]2C#N)N1. The Kier molecular flexibility index (Phi) is 3.53. The third-order valence-electron chi connectivity index (χ3n) is 3.73. The van der Waals surface area contributed by atoms with Crippen LogP contribution in [0.25, 0.3) is 0 Å². The molecule has 1 N–H and O–H groups in total. The van der Waals surface area contributed by atoms with Crippen molar-refractivity contribution in [1.29, 1.82) is 5.26 Å². The molecule has 0 aromatic rings. The molecule has 1 amide bonds. The number of carbonyl (C=O) groups excluding carboxylic acids is 1. The molecule has 4 nitrogen and oxygen atoms in total. The van der Waals surface area contributed by atoms with E-state index in [1.165, 1.54) is 0 Å². The number of hydrogen-bond acceptors (Lipinski definition) is 3. The van der Waals surface area contributed by atoms with Gasteiger partial charge in [-0.15, -0.1) is 0 Å². The Balaban J connectivity index is 2.03. The van der Waals surface area contributed by atoms with Gasteiger partial charge in [0.05, 0.1) is 18.7 Å². The molecule has 2 fully saturated rings.